The maximum atomic E-state index is 9.55. The molecule has 0 aliphatic carbocycles. The zero-order chi connectivity index (χ0) is 18.2. The third-order valence-electron chi connectivity index (χ3n) is 2.84. The van der Waals surface area contributed by atoms with Crippen LogP contribution in [-0.2, 0) is 9.59 Å². The number of hydrogen-bond acceptors (Lipinski definition) is 6. The topological polar surface area (TPSA) is 133 Å². The molecule has 9 nitrogen and oxygen atoms in total. The maximum absolute atomic E-state index is 9.55. The molecule has 0 aromatic carbocycles. The van der Waals surface area contributed by atoms with Crippen LogP contribution in [0.1, 0.15) is 18.0 Å². The molecule has 0 fully saturated rings. The van der Waals surface area contributed by atoms with Gasteiger partial charge in [0, 0.05) is 49.3 Å². The molecule has 3 rings (SSSR count). The fourth-order valence-corrected chi connectivity index (χ4v) is 2.74. The van der Waals surface area contributed by atoms with E-state index in [1.807, 2.05) is 23.0 Å². The van der Waals surface area contributed by atoms with Crippen molar-refractivity contribution >= 4 is 29.3 Å². The molecule has 0 aliphatic rings. The van der Waals surface area contributed by atoms with Crippen LogP contribution in [0.3, 0.4) is 0 Å². The minimum Gasteiger partial charge on any atom is -0.478 e. The number of aliphatic carboxylic acids is 2. The first-order valence-electron chi connectivity index (χ1n) is 7.05. The number of carboxylic acids is 2. The second kappa shape index (κ2) is 8.64. The van der Waals surface area contributed by atoms with E-state index in [-0.39, 0.29) is 5.25 Å². The Bertz CT molecular complexity index is 859. The Morgan fingerprint density at radius 3 is 2.32 bits per heavy atom. The number of thioether (sulfide) groups is 1. The summed E-state index contributed by atoms with van der Waals surface area (Å²) in [6.07, 6.45) is 12.1. The fourth-order valence-electron chi connectivity index (χ4n) is 1.78. The first-order valence-corrected chi connectivity index (χ1v) is 7.93. The van der Waals surface area contributed by atoms with Crippen molar-refractivity contribution in [2.75, 3.05) is 0 Å². The summed E-state index contributed by atoms with van der Waals surface area (Å²) in [5.41, 5.74) is 0.885. The van der Waals surface area contributed by atoms with Gasteiger partial charge in [-0.1, -0.05) is 11.8 Å². The lowest BCUT2D eigenvalue weighted by atomic mass is 10.5. The molecule has 3 aromatic heterocycles. The Morgan fingerprint density at radius 1 is 1.12 bits per heavy atom. The Morgan fingerprint density at radius 2 is 1.76 bits per heavy atom. The minimum atomic E-state index is -1.26. The van der Waals surface area contributed by atoms with Crippen molar-refractivity contribution < 1.29 is 19.8 Å². The summed E-state index contributed by atoms with van der Waals surface area (Å²) < 4.78 is 1.96. The molecule has 10 heteroatoms. The van der Waals surface area contributed by atoms with Crippen molar-refractivity contribution in [2.45, 2.75) is 17.2 Å². The largest absolute Gasteiger partial charge is 0.478 e. The highest BCUT2D eigenvalue weighted by Crippen LogP contribution is 2.33. The van der Waals surface area contributed by atoms with Crippen LogP contribution in [0, 0.1) is 0 Å². The summed E-state index contributed by atoms with van der Waals surface area (Å²) in [7, 11) is 0. The molecule has 25 heavy (non-hydrogen) atoms. The van der Waals surface area contributed by atoms with Crippen molar-refractivity contribution in [2.24, 2.45) is 0 Å². The van der Waals surface area contributed by atoms with Gasteiger partial charge in [-0.25, -0.2) is 24.5 Å². The lowest BCUT2D eigenvalue weighted by Crippen LogP contribution is -1.95. The standard InChI is InChI=1S/C11H11N5S.C4H4O4/c1-8(9-12-2-3-13-9)17-11-10-14-4-6-16(10)7-5-15-11;5-3(6)1-2-4(7)8/h2-8H,1H3,(H,12,13);1-2H,(H,5,6)(H,7,8)/b;2-1-. The molecule has 1 unspecified atom stereocenters. The molecule has 0 amide bonds. The van der Waals surface area contributed by atoms with Gasteiger partial charge < -0.3 is 19.6 Å². The van der Waals surface area contributed by atoms with Crippen LogP contribution >= 0.6 is 11.8 Å². The van der Waals surface area contributed by atoms with Crippen LogP contribution in [0.5, 0.6) is 0 Å². The number of carbonyl (C=O) groups is 2. The number of carboxylic acid groups (broad SMARTS) is 2. The van der Waals surface area contributed by atoms with Gasteiger partial charge in [0.15, 0.2) is 5.65 Å². The Kier molecular flexibility index (Phi) is 6.29. The van der Waals surface area contributed by atoms with Crippen molar-refractivity contribution in [1.82, 2.24) is 24.3 Å². The molecule has 0 saturated carbocycles. The van der Waals surface area contributed by atoms with E-state index in [9.17, 15) is 9.59 Å². The summed E-state index contributed by atoms with van der Waals surface area (Å²) >= 11 is 1.65. The molecule has 0 radical (unpaired) electrons. The van der Waals surface area contributed by atoms with Gasteiger partial charge in [-0.2, -0.15) is 0 Å². The zero-order valence-corrected chi connectivity index (χ0v) is 13.9. The molecular formula is C15H15N5O4S. The third-order valence-corrected chi connectivity index (χ3v) is 3.93. The second-order valence-electron chi connectivity index (χ2n) is 4.63. The number of aromatic nitrogens is 5. The predicted octanol–water partition coefficient (Wildman–Crippen LogP) is 2.02. The summed E-state index contributed by atoms with van der Waals surface area (Å²) in [5, 5.41) is 16.8. The highest BCUT2D eigenvalue weighted by Gasteiger charge is 2.13. The quantitative estimate of drug-likeness (QED) is 0.464. The van der Waals surface area contributed by atoms with Crippen LogP contribution in [0.4, 0.5) is 0 Å². The lowest BCUT2D eigenvalue weighted by Gasteiger charge is -2.08. The van der Waals surface area contributed by atoms with Crippen LogP contribution < -0.4 is 0 Å². The Labute approximate surface area is 146 Å². The smallest absolute Gasteiger partial charge is 0.328 e. The summed E-state index contributed by atoms with van der Waals surface area (Å²) in [6, 6.07) is 0. The monoisotopic (exact) mass is 361 g/mol. The van der Waals surface area contributed by atoms with Gasteiger partial charge in [-0.05, 0) is 6.92 Å². The van der Waals surface area contributed by atoms with E-state index in [0.717, 1.165) is 16.5 Å². The van der Waals surface area contributed by atoms with Gasteiger partial charge >= 0.3 is 11.9 Å². The SMILES string of the molecule is CC(Sc1nccn2ccnc12)c1ncc[nH]1.O=C(O)/C=C\C(=O)O. The summed E-state index contributed by atoms with van der Waals surface area (Å²) in [5.74, 6) is -1.56. The predicted molar refractivity (Wildman–Crippen MR) is 90.3 cm³/mol. The maximum Gasteiger partial charge on any atom is 0.328 e. The average Bonchev–Trinajstić information content (AvgIpc) is 3.25. The van der Waals surface area contributed by atoms with E-state index in [2.05, 4.69) is 26.9 Å². The zero-order valence-electron chi connectivity index (χ0n) is 13.1. The minimum absolute atomic E-state index is 0.223. The number of aromatic amines is 1. The van der Waals surface area contributed by atoms with Gasteiger partial charge in [0.25, 0.3) is 0 Å². The van der Waals surface area contributed by atoms with E-state index >= 15 is 0 Å². The van der Waals surface area contributed by atoms with Crippen LogP contribution in [0.25, 0.3) is 5.65 Å². The molecule has 130 valence electrons. The average molecular weight is 361 g/mol. The number of rotatable bonds is 5. The molecule has 3 N–H and O–H groups in total. The van der Waals surface area contributed by atoms with Crippen molar-refractivity contribution in [3.63, 3.8) is 0 Å². The van der Waals surface area contributed by atoms with E-state index in [1.165, 1.54) is 0 Å². The molecular weight excluding hydrogens is 346 g/mol. The van der Waals surface area contributed by atoms with Crippen LogP contribution in [-0.4, -0.2) is 46.5 Å². The van der Waals surface area contributed by atoms with Crippen LogP contribution in [0.15, 0.2) is 54.4 Å². The fraction of sp³-hybridized carbons (Fsp3) is 0.133. The van der Waals surface area contributed by atoms with Crippen molar-refractivity contribution in [3.05, 3.63) is 55.2 Å². The number of nitrogens with zero attached hydrogens (tertiary/aromatic N) is 4. The van der Waals surface area contributed by atoms with Gasteiger partial charge in [-0.3, -0.25) is 0 Å². The van der Waals surface area contributed by atoms with Crippen molar-refractivity contribution in [1.29, 1.82) is 0 Å². The molecule has 0 bridgehead atoms. The first kappa shape index (κ1) is 18.2. The highest BCUT2D eigenvalue weighted by molar-refractivity contribution is 7.99. The van der Waals surface area contributed by atoms with Gasteiger partial charge in [0.1, 0.15) is 10.9 Å². The first-order chi connectivity index (χ1) is 12.0. The molecule has 0 saturated heterocycles. The highest BCUT2D eigenvalue weighted by atomic mass is 32.2. The Balaban J connectivity index is 0.000000242. The van der Waals surface area contributed by atoms with Gasteiger partial charge in [-0.15, -0.1) is 0 Å². The normalized spacial score (nSPS) is 11.9. The van der Waals surface area contributed by atoms with Gasteiger partial charge in [0.05, 0.1) is 5.25 Å². The number of hydrogen-bond donors (Lipinski definition) is 3. The van der Waals surface area contributed by atoms with E-state index in [0.29, 0.717) is 12.2 Å². The Hall–Kier alpha value is -3.14. The molecule has 0 aliphatic heterocycles. The number of nitrogens with one attached hydrogen (secondary N) is 1. The van der Waals surface area contributed by atoms with E-state index in [1.54, 1.807) is 30.4 Å². The molecule has 3 aromatic rings. The lowest BCUT2D eigenvalue weighted by molar-refractivity contribution is -0.134. The summed E-state index contributed by atoms with van der Waals surface area (Å²) in [4.78, 5) is 35.1. The van der Waals surface area contributed by atoms with E-state index < -0.39 is 11.9 Å². The van der Waals surface area contributed by atoms with E-state index in [4.69, 9.17) is 10.2 Å². The molecule has 1 atom stereocenters. The second-order valence-corrected chi connectivity index (χ2v) is 5.96. The third kappa shape index (κ3) is 5.46. The summed E-state index contributed by atoms with van der Waals surface area (Å²) in [6.45, 7) is 2.09. The van der Waals surface area contributed by atoms with Gasteiger partial charge in [0.2, 0.25) is 0 Å². The van der Waals surface area contributed by atoms with Crippen molar-refractivity contribution in [3.8, 4) is 0 Å². The molecule has 3 heterocycles. The number of imidazole rings is 2. The molecule has 0 spiro atoms. The number of fused-ring (bicyclic) bond motifs is 1. The van der Waals surface area contributed by atoms with Crippen LogP contribution in [0.2, 0.25) is 0 Å². The number of H-pyrrole nitrogens is 1.